The molecule has 0 unspecified atom stereocenters. The van der Waals surface area contributed by atoms with Crippen molar-refractivity contribution < 1.29 is 9.59 Å². The first-order chi connectivity index (χ1) is 12.6. The van der Waals surface area contributed by atoms with Crippen LogP contribution in [0.15, 0.2) is 42.5 Å². The van der Waals surface area contributed by atoms with E-state index in [-0.39, 0.29) is 16.8 Å². The van der Waals surface area contributed by atoms with Crippen molar-refractivity contribution in [1.29, 1.82) is 0 Å². The molecule has 0 bridgehead atoms. The molecule has 2 aromatic rings. The minimum Gasteiger partial charge on any atom is -0.339 e. The zero-order valence-corrected chi connectivity index (χ0v) is 15.8. The quantitative estimate of drug-likeness (QED) is 0.776. The number of hydrogen-bond acceptors (Lipinski definition) is 2. The standard InChI is InChI=1S/C20H20Cl2N2O2/c21-14-9-10-15(17(22)13-14)19(25)23-18-8-4-3-7-16(18)20(26)24-11-5-1-2-6-12-24/h3-4,7-10,13H,1-2,5-6,11-12H2,(H,23,25). The normalized spacial score (nSPS) is 14.6. The first-order valence-electron chi connectivity index (χ1n) is 8.71. The summed E-state index contributed by atoms with van der Waals surface area (Å²) in [5.74, 6) is -0.423. The summed E-state index contributed by atoms with van der Waals surface area (Å²) in [7, 11) is 0. The van der Waals surface area contributed by atoms with Crippen LogP contribution < -0.4 is 5.32 Å². The van der Waals surface area contributed by atoms with Gasteiger partial charge in [0.1, 0.15) is 0 Å². The minimum atomic E-state index is -0.372. The highest BCUT2D eigenvalue weighted by molar-refractivity contribution is 6.37. The van der Waals surface area contributed by atoms with E-state index in [1.165, 1.54) is 6.07 Å². The van der Waals surface area contributed by atoms with E-state index in [1.54, 1.807) is 36.4 Å². The highest BCUT2D eigenvalue weighted by atomic mass is 35.5. The number of rotatable bonds is 3. The third-order valence-corrected chi connectivity index (χ3v) is 5.02. The van der Waals surface area contributed by atoms with E-state index in [2.05, 4.69) is 5.32 Å². The van der Waals surface area contributed by atoms with Gasteiger partial charge < -0.3 is 10.2 Å². The molecular formula is C20H20Cl2N2O2. The summed E-state index contributed by atoms with van der Waals surface area (Å²) in [5.41, 5.74) is 1.29. The number of para-hydroxylation sites is 1. The van der Waals surface area contributed by atoms with Gasteiger partial charge in [0.2, 0.25) is 0 Å². The first-order valence-corrected chi connectivity index (χ1v) is 9.46. The average Bonchev–Trinajstić information content (AvgIpc) is 2.91. The molecule has 0 spiro atoms. The fourth-order valence-corrected chi connectivity index (χ4v) is 3.58. The fourth-order valence-electron chi connectivity index (χ4n) is 3.09. The van der Waals surface area contributed by atoms with Crippen molar-refractivity contribution in [3.63, 3.8) is 0 Å². The number of anilines is 1. The molecule has 0 aliphatic carbocycles. The molecule has 3 rings (SSSR count). The number of carbonyl (C=O) groups is 2. The zero-order chi connectivity index (χ0) is 18.5. The number of benzene rings is 2. The molecule has 1 heterocycles. The Morgan fingerprint density at radius 3 is 2.27 bits per heavy atom. The topological polar surface area (TPSA) is 49.4 Å². The predicted octanol–water partition coefficient (Wildman–Crippen LogP) is 5.26. The smallest absolute Gasteiger partial charge is 0.257 e. The Morgan fingerprint density at radius 2 is 1.58 bits per heavy atom. The zero-order valence-electron chi connectivity index (χ0n) is 14.3. The molecule has 0 atom stereocenters. The average molecular weight is 391 g/mol. The van der Waals surface area contributed by atoms with Crippen LogP contribution in [0.1, 0.15) is 46.4 Å². The number of hydrogen-bond donors (Lipinski definition) is 1. The molecule has 0 saturated carbocycles. The predicted molar refractivity (Wildman–Crippen MR) is 105 cm³/mol. The summed E-state index contributed by atoms with van der Waals surface area (Å²) in [6, 6.07) is 11.8. The van der Waals surface area contributed by atoms with Gasteiger partial charge in [-0.25, -0.2) is 0 Å². The second kappa shape index (κ2) is 8.56. The van der Waals surface area contributed by atoms with Gasteiger partial charge in [-0.05, 0) is 43.2 Å². The lowest BCUT2D eigenvalue weighted by Gasteiger charge is -2.22. The number of halogens is 2. The van der Waals surface area contributed by atoms with Gasteiger partial charge in [-0.15, -0.1) is 0 Å². The van der Waals surface area contributed by atoms with Crippen molar-refractivity contribution in [3.05, 3.63) is 63.6 Å². The minimum absolute atomic E-state index is 0.0509. The van der Waals surface area contributed by atoms with Crippen molar-refractivity contribution in [1.82, 2.24) is 4.90 Å². The van der Waals surface area contributed by atoms with Crippen LogP contribution in [0.25, 0.3) is 0 Å². The molecule has 2 amide bonds. The number of nitrogens with one attached hydrogen (secondary N) is 1. The summed E-state index contributed by atoms with van der Waals surface area (Å²) >= 11 is 12.0. The van der Waals surface area contributed by atoms with Crippen LogP contribution in [0.2, 0.25) is 10.0 Å². The second-order valence-electron chi connectivity index (χ2n) is 6.33. The van der Waals surface area contributed by atoms with Crippen molar-refractivity contribution in [3.8, 4) is 0 Å². The Bertz CT molecular complexity index is 815. The summed E-state index contributed by atoms with van der Waals surface area (Å²) < 4.78 is 0. The highest BCUT2D eigenvalue weighted by Crippen LogP contribution is 2.24. The lowest BCUT2D eigenvalue weighted by atomic mass is 10.1. The molecule has 6 heteroatoms. The monoisotopic (exact) mass is 390 g/mol. The van der Waals surface area contributed by atoms with Crippen molar-refractivity contribution in [2.45, 2.75) is 25.7 Å². The fraction of sp³-hybridized carbons (Fsp3) is 0.300. The molecule has 2 aromatic carbocycles. The third-order valence-electron chi connectivity index (χ3n) is 4.47. The molecule has 1 aliphatic rings. The largest absolute Gasteiger partial charge is 0.339 e. The van der Waals surface area contributed by atoms with Gasteiger partial charge >= 0.3 is 0 Å². The third kappa shape index (κ3) is 4.37. The number of amides is 2. The maximum Gasteiger partial charge on any atom is 0.257 e. The Balaban J connectivity index is 1.82. The van der Waals surface area contributed by atoms with Gasteiger partial charge in [0, 0.05) is 18.1 Å². The Morgan fingerprint density at radius 1 is 0.885 bits per heavy atom. The summed E-state index contributed by atoms with van der Waals surface area (Å²) in [5, 5.41) is 3.54. The first kappa shape index (κ1) is 18.7. The Labute approximate surface area is 163 Å². The van der Waals surface area contributed by atoms with E-state index in [4.69, 9.17) is 23.2 Å². The lowest BCUT2D eigenvalue weighted by molar-refractivity contribution is 0.0762. The summed E-state index contributed by atoms with van der Waals surface area (Å²) in [6.07, 6.45) is 4.33. The summed E-state index contributed by atoms with van der Waals surface area (Å²) in [4.78, 5) is 27.4. The second-order valence-corrected chi connectivity index (χ2v) is 7.17. The molecule has 0 aromatic heterocycles. The molecule has 1 aliphatic heterocycles. The number of likely N-dealkylation sites (tertiary alicyclic amines) is 1. The Hall–Kier alpha value is -2.04. The maximum absolute atomic E-state index is 12.9. The van der Waals surface area contributed by atoms with Gasteiger partial charge in [0.05, 0.1) is 21.8 Å². The van der Waals surface area contributed by atoms with Gasteiger partial charge in [-0.1, -0.05) is 48.2 Å². The molecule has 0 radical (unpaired) electrons. The van der Waals surface area contributed by atoms with E-state index in [0.29, 0.717) is 21.8 Å². The summed E-state index contributed by atoms with van der Waals surface area (Å²) in [6.45, 7) is 1.51. The van der Waals surface area contributed by atoms with Gasteiger partial charge in [-0.3, -0.25) is 9.59 Å². The number of carbonyl (C=O) groups excluding carboxylic acids is 2. The van der Waals surface area contributed by atoms with Crippen LogP contribution in [0, 0.1) is 0 Å². The number of nitrogens with zero attached hydrogens (tertiary/aromatic N) is 1. The van der Waals surface area contributed by atoms with Crippen molar-refractivity contribution in [2.75, 3.05) is 18.4 Å². The van der Waals surface area contributed by atoms with E-state index in [9.17, 15) is 9.59 Å². The van der Waals surface area contributed by atoms with Crippen molar-refractivity contribution in [2.24, 2.45) is 0 Å². The van der Waals surface area contributed by atoms with E-state index >= 15 is 0 Å². The highest BCUT2D eigenvalue weighted by Gasteiger charge is 2.21. The maximum atomic E-state index is 12.9. The lowest BCUT2D eigenvalue weighted by Crippen LogP contribution is -2.32. The molecule has 4 nitrogen and oxygen atoms in total. The molecule has 1 saturated heterocycles. The van der Waals surface area contributed by atoms with Crippen LogP contribution in [0.5, 0.6) is 0 Å². The molecule has 26 heavy (non-hydrogen) atoms. The van der Waals surface area contributed by atoms with Crippen LogP contribution in [0.3, 0.4) is 0 Å². The Kier molecular flexibility index (Phi) is 6.17. The van der Waals surface area contributed by atoms with E-state index in [1.807, 2.05) is 4.90 Å². The molecule has 1 fully saturated rings. The van der Waals surface area contributed by atoms with Crippen LogP contribution in [0.4, 0.5) is 5.69 Å². The van der Waals surface area contributed by atoms with E-state index in [0.717, 1.165) is 38.8 Å². The molecular weight excluding hydrogens is 371 g/mol. The molecule has 136 valence electrons. The van der Waals surface area contributed by atoms with Gasteiger partial charge in [0.25, 0.3) is 11.8 Å². The van der Waals surface area contributed by atoms with Crippen LogP contribution >= 0.6 is 23.2 Å². The van der Waals surface area contributed by atoms with E-state index < -0.39 is 0 Å². The van der Waals surface area contributed by atoms with Crippen LogP contribution in [-0.4, -0.2) is 29.8 Å². The van der Waals surface area contributed by atoms with Crippen LogP contribution in [-0.2, 0) is 0 Å². The molecule has 1 N–H and O–H groups in total. The van der Waals surface area contributed by atoms with Gasteiger partial charge in [-0.2, -0.15) is 0 Å². The SMILES string of the molecule is O=C(Nc1ccccc1C(=O)N1CCCCCC1)c1ccc(Cl)cc1Cl. The van der Waals surface area contributed by atoms with Crippen molar-refractivity contribution >= 4 is 40.7 Å². The van der Waals surface area contributed by atoms with Gasteiger partial charge in [0.15, 0.2) is 0 Å².